The first-order valence-electron chi connectivity index (χ1n) is 9.66. The second kappa shape index (κ2) is 8.93. The average Bonchev–Trinajstić information content (AvgIpc) is 3.22. The van der Waals surface area contributed by atoms with Gasteiger partial charge in [0.15, 0.2) is 0 Å². The second-order valence-electron chi connectivity index (χ2n) is 6.68. The third kappa shape index (κ3) is 4.24. The van der Waals surface area contributed by atoms with Crippen molar-refractivity contribution in [3.63, 3.8) is 0 Å². The molecule has 4 rings (SSSR count). The molecule has 31 heavy (non-hydrogen) atoms. The maximum Gasteiger partial charge on any atom is 0.340 e. The van der Waals surface area contributed by atoms with E-state index < -0.39 is 11.9 Å². The van der Waals surface area contributed by atoms with E-state index in [9.17, 15) is 14.4 Å². The third-order valence-electron chi connectivity index (χ3n) is 4.64. The molecule has 4 aromatic rings. The number of nitrogens with zero attached hydrogens (tertiary/aromatic N) is 2. The highest BCUT2D eigenvalue weighted by Gasteiger charge is 2.16. The number of carbonyl (C=O) groups excluding carboxylic acids is 2. The SMILES string of the molecule is CCOC(=O)c1ccccc1NC(=O)Cn1cnc2c(-c3ccccc3)csc2c1=O. The molecule has 0 spiro atoms. The van der Waals surface area contributed by atoms with Crippen molar-refractivity contribution < 1.29 is 14.3 Å². The number of benzene rings is 2. The van der Waals surface area contributed by atoms with E-state index in [4.69, 9.17) is 4.74 Å². The van der Waals surface area contributed by atoms with Crippen LogP contribution in [0.1, 0.15) is 17.3 Å². The molecule has 2 aromatic heterocycles. The Morgan fingerprint density at radius 1 is 1.10 bits per heavy atom. The number of rotatable bonds is 6. The summed E-state index contributed by atoms with van der Waals surface area (Å²) in [6.45, 7) is 1.72. The van der Waals surface area contributed by atoms with Crippen molar-refractivity contribution in [3.8, 4) is 11.1 Å². The van der Waals surface area contributed by atoms with Crippen LogP contribution in [0, 0.1) is 0 Å². The zero-order valence-corrected chi connectivity index (χ0v) is 17.5. The Balaban J connectivity index is 1.57. The highest BCUT2D eigenvalue weighted by Crippen LogP contribution is 2.30. The number of fused-ring (bicyclic) bond motifs is 1. The topological polar surface area (TPSA) is 90.3 Å². The summed E-state index contributed by atoms with van der Waals surface area (Å²) >= 11 is 1.30. The summed E-state index contributed by atoms with van der Waals surface area (Å²) in [5.74, 6) is -0.967. The van der Waals surface area contributed by atoms with Crippen LogP contribution in [-0.2, 0) is 16.1 Å². The lowest BCUT2D eigenvalue weighted by Gasteiger charge is -2.11. The van der Waals surface area contributed by atoms with Gasteiger partial charge in [-0.15, -0.1) is 11.3 Å². The van der Waals surface area contributed by atoms with Crippen LogP contribution in [-0.4, -0.2) is 28.0 Å². The summed E-state index contributed by atoms with van der Waals surface area (Å²) < 4.78 is 6.77. The molecular weight excluding hydrogens is 414 g/mol. The van der Waals surface area contributed by atoms with Crippen molar-refractivity contribution >= 4 is 39.1 Å². The second-order valence-corrected chi connectivity index (χ2v) is 7.56. The number of para-hydroxylation sites is 1. The molecule has 0 aliphatic rings. The first-order chi connectivity index (χ1) is 15.1. The molecule has 0 aliphatic heterocycles. The van der Waals surface area contributed by atoms with Gasteiger partial charge in [0, 0.05) is 10.9 Å². The summed E-state index contributed by atoms with van der Waals surface area (Å²) in [4.78, 5) is 42.0. The van der Waals surface area contributed by atoms with Crippen LogP contribution in [0.3, 0.4) is 0 Å². The molecule has 0 atom stereocenters. The van der Waals surface area contributed by atoms with Crippen LogP contribution >= 0.6 is 11.3 Å². The summed E-state index contributed by atoms with van der Waals surface area (Å²) in [6, 6.07) is 16.3. The van der Waals surface area contributed by atoms with Crippen molar-refractivity contribution in [2.45, 2.75) is 13.5 Å². The van der Waals surface area contributed by atoms with Gasteiger partial charge in [-0.1, -0.05) is 42.5 Å². The van der Waals surface area contributed by atoms with Gasteiger partial charge in [0.1, 0.15) is 11.2 Å². The van der Waals surface area contributed by atoms with Crippen LogP contribution in [0.5, 0.6) is 0 Å². The number of carbonyl (C=O) groups is 2. The Kier molecular flexibility index (Phi) is 5.90. The lowest BCUT2D eigenvalue weighted by molar-refractivity contribution is -0.116. The Morgan fingerprint density at radius 2 is 1.84 bits per heavy atom. The Bertz CT molecular complexity index is 1310. The molecule has 1 N–H and O–H groups in total. The van der Waals surface area contributed by atoms with E-state index in [0.29, 0.717) is 15.9 Å². The van der Waals surface area contributed by atoms with E-state index in [0.717, 1.165) is 11.1 Å². The lowest BCUT2D eigenvalue weighted by Crippen LogP contribution is -2.28. The van der Waals surface area contributed by atoms with Crippen molar-refractivity contribution in [2.75, 3.05) is 11.9 Å². The average molecular weight is 433 g/mol. The quantitative estimate of drug-likeness (QED) is 0.465. The van der Waals surface area contributed by atoms with Gasteiger partial charge in [0.05, 0.1) is 29.7 Å². The van der Waals surface area contributed by atoms with Gasteiger partial charge in [-0.05, 0) is 24.6 Å². The third-order valence-corrected chi connectivity index (χ3v) is 5.60. The molecule has 0 unspecified atom stereocenters. The number of hydrogen-bond acceptors (Lipinski definition) is 6. The molecular formula is C23H19N3O4S. The number of amides is 1. The molecule has 0 radical (unpaired) electrons. The first-order valence-corrected chi connectivity index (χ1v) is 10.5. The van der Waals surface area contributed by atoms with Gasteiger partial charge in [0.2, 0.25) is 5.91 Å². The predicted molar refractivity (Wildman–Crippen MR) is 120 cm³/mol. The van der Waals surface area contributed by atoms with Crippen molar-refractivity contribution in [3.05, 3.63) is 82.2 Å². The summed E-state index contributed by atoms with van der Waals surface area (Å²) in [6.07, 6.45) is 1.38. The van der Waals surface area contributed by atoms with Gasteiger partial charge >= 0.3 is 5.97 Å². The molecule has 7 nitrogen and oxygen atoms in total. The molecule has 0 saturated heterocycles. The van der Waals surface area contributed by atoms with Gasteiger partial charge in [-0.2, -0.15) is 0 Å². The number of hydrogen-bond donors (Lipinski definition) is 1. The van der Waals surface area contributed by atoms with Gasteiger partial charge in [-0.3, -0.25) is 14.2 Å². The molecule has 2 aromatic carbocycles. The van der Waals surface area contributed by atoms with Crippen LogP contribution in [0.25, 0.3) is 21.3 Å². The van der Waals surface area contributed by atoms with E-state index in [1.807, 2.05) is 35.7 Å². The highest BCUT2D eigenvalue weighted by molar-refractivity contribution is 7.17. The minimum absolute atomic E-state index is 0.225. The molecule has 0 aliphatic carbocycles. The fourth-order valence-electron chi connectivity index (χ4n) is 3.20. The van der Waals surface area contributed by atoms with Gasteiger partial charge < -0.3 is 10.1 Å². The zero-order valence-electron chi connectivity index (χ0n) is 16.7. The zero-order chi connectivity index (χ0) is 21.8. The van der Waals surface area contributed by atoms with E-state index in [2.05, 4.69) is 10.3 Å². The van der Waals surface area contributed by atoms with Crippen LogP contribution in [0.15, 0.2) is 71.1 Å². The maximum absolute atomic E-state index is 12.9. The number of esters is 1. The lowest BCUT2D eigenvalue weighted by atomic mass is 10.1. The first kappa shape index (κ1) is 20.5. The largest absolute Gasteiger partial charge is 0.462 e. The standard InChI is InChI=1S/C23H19N3O4S/c1-2-30-23(29)16-10-6-7-11-18(16)25-19(27)12-26-14-24-20-17(13-31-21(20)22(26)28)15-8-4-3-5-9-15/h3-11,13-14H,2,12H2,1H3,(H,25,27). The van der Waals surface area contributed by atoms with E-state index in [-0.39, 0.29) is 24.3 Å². The predicted octanol–water partition coefficient (Wildman–Crippen LogP) is 3.94. The van der Waals surface area contributed by atoms with Crippen molar-refractivity contribution in [1.82, 2.24) is 9.55 Å². The number of ether oxygens (including phenoxy) is 1. The molecule has 0 fully saturated rings. The maximum atomic E-state index is 12.9. The summed E-state index contributed by atoms with van der Waals surface area (Å²) in [5.41, 5.74) is 2.78. The van der Waals surface area contributed by atoms with Crippen molar-refractivity contribution in [1.29, 1.82) is 0 Å². The monoisotopic (exact) mass is 433 g/mol. The Hall–Kier alpha value is -3.78. The normalized spacial score (nSPS) is 10.7. The number of anilines is 1. The smallest absolute Gasteiger partial charge is 0.340 e. The van der Waals surface area contributed by atoms with Gasteiger partial charge in [-0.25, -0.2) is 9.78 Å². The molecule has 8 heteroatoms. The minimum atomic E-state index is -0.523. The van der Waals surface area contributed by atoms with Gasteiger partial charge in [0.25, 0.3) is 5.56 Å². The summed E-state index contributed by atoms with van der Waals surface area (Å²) in [5, 5.41) is 4.58. The molecule has 0 saturated carbocycles. The molecule has 1 amide bonds. The molecule has 156 valence electrons. The summed E-state index contributed by atoms with van der Waals surface area (Å²) in [7, 11) is 0. The number of thiophene rings is 1. The number of nitrogens with one attached hydrogen (secondary N) is 1. The number of aromatic nitrogens is 2. The Labute approximate surface area is 181 Å². The fraction of sp³-hybridized carbons (Fsp3) is 0.130. The highest BCUT2D eigenvalue weighted by atomic mass is 32.1. The van der Waals surface area contributed by atoms with Crippen LogP contribution < -0.4 is 10.9 Å². The fourth-order valence-corrected chi connectivity index (χ4v) is 4.18. The van der Waals surface area contributed by atoms with Crippen molar-refractivity contribution in [2.24, 2.45) is 0 Å². The Morgan fingerprint density at radius 3 is 2.61 bits per heavy atom. The minimum Gasteiger partial charge on any atom is -0.462 e. The van der Waals surface area contributed by atoms with E-state index >= 15 is 0 Å². The van der Waals surface area contributed by atoms with E-state index in [1.165, 1.54) is 22.2 Å². The molecule has 0 bridgehead atoms. The van der Waals surface area contributed by atoms with Crippen LogP contribution in [0.4, 0.5) is 5.69 Å². The van der Waals surface area contributed by atoms with E-state index in [1.54, 1.807) is 31.2 Å². The van der Waals surface area contributed by atoms with Crippen LogP contribution in [0.2, 0.25) is 0 Å². The molecule has 2 heterocycles.